The molecule has 2 unspecified atom stereocenters. The lowest BCUT2D eigenvalue weighted by molar-refractivity contribution is 0.144. The molecule has 1 nitrogen and oxygen atoms in total. The summed E-state index contributed by atoms with van der Waals surface area (Å²) in [6.45, 7) is 2.13. The molecule has 0 amide bonds. The molecule has 21 heavy (non-hydrogen) atoms. The fourth-order valence-corrected chi connectivity index (χ4v) is 4.48. The van der Waals surface area contributed by atoms with Crippen LogP contribution in [0.5, 0.6) is 0 Å². The maximum Gasteiger partial charge on any atom is 0.0872 e. The zero-order valence-corrected chi connectivity index (χ0v) is 14.2. The molecule has 108 valence electrons. The summed E-state index contributed by atoms with van der Waals surface area (Å²) in [4.78, 5) is 0. The standard InChI is InChI=1S/C18H17BrOS/c1-2-13(12-7-4-3-5-8-12)17(20)15-11-21-18-14(15)9-6-10-16(18)19/h3-11,13,17,20H,2H2,1H3. The second kappa shape index (κ2) is 6.30. The number of aliphatic hydroxyl groups is 1. The van der Waals surface area contributed by atoms with Gasteiger partial charge in [-0.1, -0.05) is 49.4 Å². The van der Waals surface area contributed by atoms with Crippen molar-refractivity contribution in [1.82, 2.24) is 0 Å². The SMILES string of the molecule is CCC(c1ccccc1)C(O)c1csc2c(Br)cccc12. The number of hydrogen-bond donors (Lipinski definition) is 1. The second-order valence-corrected chi connectivity index (χ2v) is 6.91. The van der Waals surface area contributed by atoms with Gasteiger partial charge in [0, 0.05) is 15.1 Å². The molecular weight excluding hydrogens is 344 g/mol. The zero-order valence-electron chi connectivity index (χ0n) is 11.8. The normalized spacial score (nSPS) is 14.2. The summed E-state index contributed by atoms with van der Waals surface area (Å²) < 4.78 is 2.30. The van der Waals surface area contributed by atoms with Crippen molar-refractivity contribution >= 4 is 37.4 Å². The van der Waals surface area contributed by atoms with Crippen molar-refractivity contribution in [3.05, 3.63) is 69.5 Å². The lowest BCUT2D eigenvalue weighted by Gasteiger charge is -2.22. The van der Waals surface area contributed by atoms with E-state index in [0.29, 0.717) is 0 Å². The van der Waals surface area contributed by atoms with Gasteiger partial charge in [0.25, 0.3) is 0 Å². The van der Waals surface area contributed by atoms with E-state index >= 15 is 0 Å². The van der Waals surface area contributed by atoms with Crippen LogP contribution < -0.4 is 0 Å². The lowest BCUT2D eigenvalue weighted by atomic mass is 9.87. The van der Waals surface area contributed by atoms with E-state index in [-0.39, 0.29) is 5.92 Å². The average Bonchev–Trinajstić information content (AvgIpc) is 2.94. The number of fused-ring (bicyclic) bond motifs is 1. The van der Waals surface area contributed by atoms with E-state index in [4.69, 9.17) is 0 Å². The largest absolute Gasteiger partial charge is 0.388 e. The molecular formula is C18H17BrOS. The maximum atomic E-state index is 10.9. The highest BCUT2D eigenvalue weighted by Gasteiger charge is 2.23. The first-order chi connectivity index (χ1) is 10.2. The van der Waals surface area contributed by atoms with Crippen LogP contribution in [0.1, 0.15) is 36.5 Å². The van der Waals surface area contributed by atoms with Crippen molar-refractivity contribution in [2.75, 3.05) is 0 Å². The van der Waals surface area contributed by atoms with E-state index in [9.17, 15) is 5.11 Å². The van der Waals surface area contributed by atoms with E-state index in [1.807, 2.05) is 30.3 Å². The molecule has 0 aliphatic rings. The van der Waals surface area contributed by atoms with Crippen molar-refractivity contribution in [2.24, 2.45) is 0 Å². The van der Waals surface area contributed by atoms with Gasteiger partial charge in [-0.05, 0) is 50.3 Å². The summed E-state index contributed by atoms with van der Waals surface area (Å²) in [6, 6.07) is 16.4. The maximum absolute atomic E-state index is 10.9. The van der Waals surface area contributed by atoms with Crippen LogP contribution in [0.3, 0.4) is 0 Å². The minimum Gasteiger partial charge on any atom is -0.388 e. The highest BCUT2D eigenvalue weighted by Crippen LogP contribution is 2.41. The smallest absolute Gasteiger partial charge is 0.0872 e. The highest BCUT2D eigenvalue weighted by molar-refractivity contribution is 9.10. The molecule has 0 radical (unpaired) electrons. The van der Waals surface area contributed by atoms with Gasteiger partial charge in [-0.25, -0.2) is 0 Å². The van der Waals surface area contributed by atoms with Gasteiger partial charge in [-0.15, -0.1) is 11.3 Å². The highest BCUT2D eigenvalue weighted by atomic mass is 79.9. The van der Waals surface area contributed by atoms with Crippen LogP contribution >= 0.6 is 27.3 Å². The fourth-order valence-electron chi connectivity index (χ4n) is 2.83. The van der Waals surface area contributed by atoms with E-state index in [2.05, 4.69) is 46.4 Å². The van der Waals surface area contributed by atoms with E-state index in [1.165, 1.54) is 10.3 Å². The average molecular weight is 361 g/mol. The summed E-state index contributed by atoms with van der Waals surface area (Å²) in [5.41, 5.74) is 2.23. The summed E-state index contributed by atoms with van der Waals surface area (Å²) in [5, 5.41) is 14.1. The number of thiophene rings is 1. The Hall–Kier alpha value is -1.16. The molecule has 0 bridgehead atoms. The monoisotopic (exact) mass is 360 g/mol. The molecule has 3 aromatic rings. The van der Waals surface area contributed by atoms with Gasteiger partial charge < -0.3 is 5.11 Å². The molecule has 0 aliphatic carbocycles. The summed E-state index contributed by atoms with van der Waals surface area (Å²) in [6.07, 6.45) is 0.441. The van der Waals surface area contributed by atoms with Crippen molar-refractivity contribution in [3.63, 3.8) is 0 Å². The number of halogens is 1. The molecule has 0 spiro atoms. The Labute approximate surface area is 137 Å². The molecule has 1 N–H and O–H groups in total. The first kappa shape index (κ1) is 14.8. The predicted octanol–water partition coefficient (Wildman–Crippen LogP) is 5.89. The topological polar surface area (TPSA) is 20.2 Å². The summed E-state index contributed by atoms with van der Waals surface area (Å²) in [7, 11) is 0. The minimum absolute atomic E-state index is 0.128. The Bertz CT molecular complexity index is 735. The Morgan fingerprint density at radius 1 is 1.10 bits per heavy atom. The molecule has 3 rings (SSSR count). The molecule has 1 heterocycles. The van der Waals surface area contributed by atoms with Gasteiger partial charge in [0.15, 0.2) is 0 Å². The van der Waals surface area contributed by atoms with Crippen molar-refractivity contribution in [1.29, 1.82) is 0 Å². The number of rotatable bonds is 4. The quantitative estimate of drug-likeness (QED) is 0.614. The Kier molecular flexibility index (Phi) is 4.43. The van der Waals surface area contributed by atoms with Crippen molar-refractivity contribution in [2.45, 2.75) is 25.4 Å². The van der Waals surface area contributed by atoms with Crippen LogP contribution in [0.15, 0.2) is 58.4 Å². The number of aliphatic hydroxyl groups excluding tert-OH is 1. The molecule has 2 aromatic carbocycles. The third-order valence-corrected chi connectivity index (χ3v) is 5.92. The van der Waals surface area contributed by atoms with Gasteiger partial charge in [0.05, 0.1) is 6.10 Å². The molecule has 0 aliphatic heterocycles. The lowest BCUT2D eigenvalue weighted by Crippen LogP contribution is -2.09. The van der Waals surface area contributed by atoms with Crippen LogP contribution in [-0.4, -0.2) is 5.11 Å². The molecule has 0 saturated carbocycles. The third-order valence-electron chi connectivity index (χ3n) is 3.95. The van der Waals surface area contributed by atoms with Gasteiger partial charge in [0.2, 0.25) is 0 Å². The van der Waals surface area contributed by atoms with Crippen LogP contribution in [0, 0.1) is 0 Å². The summed E-state index contributed by atoms with van der Waals surface area (Å²) in [5.74, 6) is 0.128. The van der Waals surface area contributed by atoms with E-state index < -0.39 is 6.10 Å². The molecule has 0 saturated heterocycles. The Balaban J connectivity index is 2.03. The third kappa shape index (κ3) is 2.78. The summed E-state index contributed by atoms with van der Waals surface area (Å²) >= 11 is 5.27. The Morgan fingerprint density at radius 2 is 1.86 bits per heavy atom. The van der Waals surface area contributed by atoms with Gasteiger partial charge in [0.1, 0.15) is 0 Å². The molecule has 1 aromatic heterocycles. The van der Waals surface area contributed by atoms with Gasteiger partial charge >= 0.3 is 0 Å². The molecule has 2 atom stereocenters. The van der Waals surface area contributed by atoms with E-state index in [1.54, 1.807) is 11.3 Å². The predicted molar refractivity (Wildman–Crippen MR) is 94.0 cm³/mol. The van der Waals surface area contributed by atoms with Gasteiger partial charge in [-0.2, -0.15) is 0 Å². The van der Waals surface area contributed by atoms with Crippen molar-refractivity contribution in [3.8, 4) is 0 Å². The van der Waals surface area contributed by atoms with Crippen LogP contribution in [0.2, 0.25) is 0 Å². The van der Waals surface area contributed by atoms with Crippen LogP contribution in [0.25, 0.3) is 10.1 Å². The van der Waals surface area contributed by atoms with Crippen LogP contribution in [0.4, 0.5) is 0 Å². The second-order valence-electron chi connectivity index (χ2n) is 5.18. The first-order valence-corrected chi connectivity index (χ1v) is 8.78. The van der Waals surface area contributed by atoms with Gasteiger partial charge in [-0.3, -0.25) is 0 Å². The first-order valence-electron chi connectivity index (χ1n) is 7.11. The Morgan fingerprint density at radius 3 is 2.57 bits per heavy atom. The van der Waals surface area contributed by atoms with E-state index in [0.717, 1.165) is 21.8 Å². The molecule has 0 fully saturated rings. The van der Waals surface area contributed by atoms with Crippen molar-refractivity contribution < 1.29 is 5.11 Å². The molecule has 3 heteroatoms. The zero-order chi connectivity index (χ0) is 14.8. The van der Waals surface area contributed by atoms with Crippen LogP contribution in [-0.2, 0) is 0 Å². The minimum atomic E-state index is -0.472. The number of benzene rings is 2. The number of hydrogen-bond acceptors (Lipinski definition) is 2. The fraction of sp³-hybridized carbons (Fsp3) is 0.222.